The van der Waals surface area contributed by atoms with Gasteiger partial charge in [0.1, 0.15) is 0 Å². The average Bonchev–Trinajstić information content (AvgIpc) is 2.26. The van der Waals surface area contributed by atoms with Gasteiger partial charge in [-0.05, 0) is 25.5 Å². The number of hydrogen-bond donors (Lipinski definition) is 1. The summed E-state index contributed by atoms with van der Waals surface area (Å²) in [5.41, 5.74) is 6.56. The molecule has 1 aliphatic heterocycles. The van der Waals surface area contributed by atoms with Crippen molar-refractivity contribution in [3.05, 3.63) is 24.3 Å². The van der Waals surface area contributed by atoms with Crippen LogP contribution in [0.4, 0.5) is 5.69 Å². The smallest absolute Gasteiger partial charge is 0.180 e. The van der Waals surface area contributed by atoms with Gasteiger partial charge in [0.25, 0.3) is 0 Å². The number of benzene rings is 1. The summed E-state index contributed by atoms with van der Waals surface area (Å²) in [5.74, 6) is 0.192. The second kappa shape index (κ2) is 4.55. The molecule has 100 valence electrons. The van der Waals surface area contributed by atoms with Gasteiger partial charge in [0, 0.05) is 18.6 Å². The highest BCUT2D eigenvalue weighted by molar-refractivity contribution is 7.91. The first kappa shape index (κ1) is 13.4. The Bertz CT molecular complexity index is 530. The summed E-state index contributed by atoms with van der Waals surface area (Å²) in [6, 6.07) is 7.18. The number of hydrogen-bond acceptors (Lipinski definition) is 4. The predicted octanol–water partition coefficient (Wildman–Crippen LogP) is 1.41. The van der Waals surface area contributed by atoms with E-state index in [1.807, 2.05) is 30.9 Å². The summed E-state index contributed by atoms with van der Waals surface area (Å²) >= 11 is 0. The number of nitrogens with zero attached hydrogens (tertiary/aromatic N) is 1. The summed E-state index contributed by atoms with van der Waals surface area (Å²) in [4.78, 5) is 2.46. The van der Waals surface area contributed by atoms with Crippen LogP contribution < -0.4 is 10.6 Å². The van der Waals surface area contributed by atoms with Crippen molar-refractivity contribution in [2.24, 2.45) is 5.73 Å². The van der Waals surface area contributed by atoms with Gasteiger partial charge >= 0.3 is 0 Å². The van der Waals surface area contributed by atoms with E-state index in [2.05, 4.69) is 0 Å². The van der Waals surface area contributed by atoms with E-state index < -0.39 is 9.84 Å². The molecule has 0 spiro atoms. The fraction of sp³-hybridized carbons (Fsp3) is 0.538. The first-order valence-electron chi connectivity index (χ1n) is 6.21. The number of sulfone groups is 1. The number of anilines is 1. The molecule has 4 nitrogen and oxygen atoms in total. The van der Waals surface area contributed by atoms with Crippen molar-refractivity contribution in [3.63, 3.8) is 0 Å². The van der Waals surface area contributed by atoms with Crippen LogP contribution in [-0.4, -0.2) is 32.8 Å². The Morgan fingerprint density at radius 2 is 1.94 bits per heavy atom. The maximum Gasteiger partial charge on any atom is 0.180 e. The van der Waals surface area contributed by atoms with Gasteiger partial charge in [0.2, 0.25) is 0 Å². The number of para-hydroxylation sites is 1. The molecule has 2 N–H and O–H groups in total. The molecule has 2 rings (SSSR count). The number of nitrogens with two attached hydrogens (primary N) is 1. The largest absolute Gasteiger partial charge is 0.367 e. The van der Waals surface area contributed by atoms with Crippen LogP contribution in [0, 0.1) is 0 Å². The molecular weight excluding hydrogens is 248 g/mol. The van der Waals surface area contributed by atoms with Crippen LogP contribution >= 0.6 is 0 Å². The summed E-state index contributed by atoms with van der Waals surface area (Å²) in [5, 5.41) is 0. The lowest BCUT2D eigenvalue weighted by molar-refractivity contribution is 0.363. The van der Waals surface area contributed by atoms with Crippen LogP contribution in [0.5, 0.6) is 0 Å². The van der Waals surface area contributed by atoms with Gasteiger partial charge in [-0.1, -0.05) is 19.1 Å². The molecule has 1 aromatic carbocycles. The zero-order valence-electron chi connectivity index (χ0n) is 10.9. The Labute approximate surface area is 109 Å². The van der Waals surface area contributed by atoms with Gasteiger partial charge in [-0.15, -0.1) is 0 Å². The van der Waals surface area contributed by atoms with Gasteiger partial charge in [0.15, 0.2) is 9.84 Å². The lowest BCUT2D eigenvalue weighted by Gasteiger charge is -2.47. The molecule has 0 unspecified atom stereocenters. The summed E-state index contributed by atoms with van der Waals surface area (Å²) < 4.78 is 24.4. The fourth-order valence-electron chi connectivity index (χ4n) is 2.36. The third-order valence-electron chi connectivity index (χ3n) is 3.12. The molecule has 0 radical (unpaired) electrons. The topological polar surface area (TPSA) is 63.4 Å². The van der Waals surface area contributed by atoms with E-state index in [0.29, 0.717) is 24.4 Å². The normalized spacial score (nSPS) is 18.5. The Hall–Kier alpha value is -1.07. The van der Waals surface area contributed by atoms with Gasteiger partial charge in [0.05, 0.1) is 16.3 Å². The van der Waals surface area contributed by atoms with Crippen molar-refractivity contribution in [3.8, 4) is 0 Å². The van der Waals surface area contributed by atoms with Crippen molar-refractivity contribution < 1.29 is 8.42 Å². The molecule has 1 saturated heterocycles. The molecule has 0 atom stereocenters. The maximum absolute atomic E-state index is 12.2. The molecule has 1 aromatic rings. The highest BCUT2D eigenvalue weighted by atomic mass is 32.2. The lowest BCUT2D eigenvalue weighted by Crippen LogP contribution is -2.65. The van der Waals surface area contributed by atoms with E-state index in [1.165, 1.54) is 0 Å². The van der Waals surface area contributed by atoms with E-state index in [-0.39, 0.29) is 11.3 Å². The molecule has 0 aromatic heterocycles. The van der Waals surface area contributed by atoms with E-state index in [1.54, 1.807) is 12.1 Å². The maximum atomic E-state index is 12.2. The molecule has 1 fully saturated rings. The summed E-state index contributed by atoms with van der Waals surface area (Å²) in [6.45, 7) is 5.25. The molecule has 0 saturated carbocycles. The molecular formula is C13H20N2O2S. The minimum Gasteiger partial charge on any atom is -0.367 e. The monoisotopic (exact) mass is 268 g/mol. The SMILES string of the molecule is CCCS(=O)(=O)c1ccccc1N1CC(C)(N)C1. The van der Waals surface area contributed by atoms with Crippen LogP contribution in [-0.2, 0) is 9.84 Å². The second-order valence-corrected chi connectivity index (χ2v) is 7.37. The molecule has 5 heteroatoms. The van der Waals surface area contributed by atoms with Crippen molar-refractivity contribution in [1.82, 2.24) is 0 Å². The van der Waals surface area contributed by atoms with Crippen LogP contribution in [0.3, 0.4) is 0 Å². The van der Waals surface area contributed by atoms with Crippen LogP contribution in [0.2, 0.25) is 0 Å². The standard InChI is InChI=1S/C13H20N2O2S/c1-3-8-18(16,17)12-7-5-4-6-11(12)15-9-13(2,14)10-15/h4-7H,3,8-10,14H2,1-2H3. The Balaban J connectivity index is 2.33. The van der Waals surface area contributed by atoms with E-state index >= 15 is 0 Å². The summed E-state index contributed by atoms with van der Waals surface area (Å²) in [7, 11) is -3.18. The average molecular weight is 268 g/mol. The fourth-order valence-corrected chi connectivity index (χ4v) is 3.92. The Morgan fingerprint density at radius 3 is 2.50 bits per heavy atom. The Kier molecular flexibility index (Phi) is 3.38. The van der Waals surface area contributed by atoms with Crippen molar-refractivity contribution in [1.29, 1.82) is 0 Å². The van der Waals surface area contributed by atoms with Gasteiger partial charge in [-0.2, -0.15) is 0 Å². The molecule has 0 bridgehead atoms. The van der Waals surface area contributed by atoms with Crippen molar-refractivity contribution in [2.75, 3.05) is 23.7 Å². The first-order chi connectivity index (χ1) is 8.36. The second-order valence-electron chi connectivity index (χ2n) is 5.30. The van der Waals surface area contributed by atoms with Crippen molar-refractivity contribution >= 4 is 15.5 Å². The van der Waals surface area contributed by atoms with E-state index in [9.17, 15) is 8.42 Å². The highest BCUT2D eigenvalue weighted by Crippen LogP contribution is 2.32. The summed E-state index contributed by atoms with van der Waals surface area (Å²) in [6.07, 6.45) is 0.630. The number of rotatable bonds is 4. The van der Waals surface area contributed by atoms with Gasteiger partial charge in [-0.3, -0.25) is 0 Å². The highest BCUT2D eigenvalue weighted by Gasteiger charge is 2.36. The quantitative estimate of drug-likeness (QED) is 0.896. The first-order valence-corrected chi connectivity index (χ1v) is 7.86. The third kappa shape index (κ3) is 2.52. The molecule has 1 heterocycles. The molecule has 0 aliphatic carbocycles. The zero-order chi connectivity index (χ0) is 13.4. The minimum atomic E-state index is -3.18. The molecule has 0 amide bonds. The molecule has 1 aliphatic rings. The van der Waals surface area contributed by atoms with Crippen molar-refractivity contribution in [2.45, 2.75) is 30.7 Å². The Morgan fingerprint density at radius 1 is 1.33 bits per heavy atom. The minimum absolute atomic E-state index is 0.192. The van der Waals surface area contributed by atoms with E-state index in [4.69, 9.17) is 5.73 Å². The van der Waals surface area contributed by atoms with Crippen LogP contribution in [0.1, 0.15) is 20.3 Å². The lowest BCUT2D eigenvalue weighted by atomic mass is 9.93. The van der Waals surface area contributed by atoms with Crippen LogP contribution in [0.15, 0.2) is 29.2 Å². The predicted molar refractivity (Wildman–Crippen MR) is 73.6 cm³/mol. The third-order valence-corrected chi connectivity index (χ3v) is 5.08. The van der Waals surface area contributed by atoms with Gasteiger partial charge in [-0.25, -0.2) is 8.42 Å². The van der Waals surface area contributed by atoms with Crippen LogP contribution in [0.25, 0.3) is 0 Å². The van der Waals surface area contributed by atoms with E-state index in [0.717, 1.165) is 5.69 Å². The van der Waals surface area contributed by atoms with Gasteiger partial charge < -0.3 is 10.6 Å². The zero-order valence-corrected chi connectivity index (χ0v) is 11.7. The molecule has 18 heavy (non-hydrogen) atoms.